The molecule has 0 fully saturated rings. The van der Waals surface area contributed by atoms with Crippen LogP contribution < -0.4 is 10.1 Å². The van der Waals surface area contributed by atoms with Gasteiger partial charge in [0.25, 0.3) is 5.91 Å². The number of methoxy groups -OCH3 is 1. The number of amides is 1. The predicted molar refractivity (Wildman–Crippen MR) is 85.6 cm³/mol. The van der Waals surface area contributed by atoms with Crippen molar-refractivity contribution >= 4 is 17.5 Å². The molecular weight excluding hydrogens is 280 g/mol. The molecular formula is C16H20N4O2. The van der Waals surface area contributed by atoms with E-state index in [-0.39, 0.29) is 5.91 Å². The summed E-state index contributed by atoms with van der Waals surface area (Å²) in [6, 6.07) is 7.47. The standard InChI is InChI=1S/C16H20N4O2/c1-4-20(5-2)15(21)12-10-17-16(18-11-12)19-13-7-6-8-14(9-13)22-3/h6-11H,4-5H2,1-3H3,(H,17,18,19). The fourth-order valence-electron chi connectivity index (χ4n) is 2.03. The number of hydrogen-bond donors (Lipinski definition) is 1. The highest BCUT2D eigenvalue weighted by molar-refractivity contribution is 5.93. The molecule has 2 aromatic rings. The second-order valence-electron chi connectivity index (χ2n) is 4.63. The number of hydrogen-bond acceptors (Lipinski definition) is 5. The molecule has 6 nitrogen and oxygen atoms in total. The largest absolute Gasteiger partial charge is 0.497 e. The molecule has 2 rings (SSSR count). The molecule has 1 N–H and O–H groups in total. The fourth-order valence-corrected chi connectivity index (χ4v) is 2.03. The van der Waals surface area contributed by atoms with Crippen LogP contribution in [-0.4, -0.2) is 41.0 Å². The SMILES string of the molecule is CCN(CC)C(=O)c1cnc(Nc2cccc(OC)c2)nc1. The van der Waals surface area contributed by atoms with Crippen LogP contribution in [0.3, 0.4) is 0 Å². The van der Waals surface area contributed by atoms with Crippen molar-refractivity contribution < 1.29 is 9.53 Å². The second-order valence-corrected chi connectivity index (χ2v) is 4.63. The maximum absolute atomic E-state index is 12.2. The third-order valence-corrected chi connectivity index (χ3v) is 3.28. The van der Waals surface area contributed by atoms with Crippen LogP contribution in [0.15, 0.2) is 36.7 Å². The van der Waals surface area contributed by atoms with Gasteiger partial charge in [0.15, 0.2) is 0 Å². The molecule has 0 radical (unpaired) electrons. The van der Waals surface area contributed by atoms with Gasteiger partial charge in [0, 0.05) is 37.2 Å². The summed E-state index contributed by atoms with van der Waals surface area (Å²) in [5.74, 6) is 1.13. The van der Waals surface area contributed by atoms with Crippen molar-refractivity contribution in [2.24, 2.45) is 0 Å². The number of carbonyl (C=O) groups is 1. The van der Waals surface area contributed by atoms with E-state index < -0.39 is 0 Å². The van der Waals surface area contributed by atoms with Gasteiger partial charge in [0.1, 0.15) is 5.75 Å². The third kappa shape index (κ3) is 3.72. The summed E-state index contributed by atoms with van der Waals surface area (Å²) in [6.07, 6.45) is 3.08. The number of rotatable bonds is 6. The molecule has 116 valence electrons. The van der Waals surface area contributed by atoms with E-state index >= 15 is 0 Å². The Bertz CT molecular complexity index is 624. The van der Waals surface area contributed by atoms with Crippen LogP contribution in [0, 0.1) is 0 Å². The maximum atomic E-state index is 12.2. The van der Waals surface area contributed by atoms with Crippen molar-refractivity contribution in [3.8, 4) is 5.75 Å². The van der Waals surface area contributed by atoms with Gasteiger partial charge in [-0.2, -0.15) is 0 Å². The first-order valence-corrected chi connectivity index (χ1v) is 7.20. The zero-order valence-electron chi connectivity index (χ0n) is 13.0. The van der Waals surface area contributed by atoms with Gasteiger partial charge in [-0.3, -0.25) is 4.79 Å². The number of aromatic nitrogens is 2. The number of nitrogens with zero attached hydrogens (tertiary/aromatic N) is 3. The highest BCUT2D eigenvalue weighted by atomic mass is 16.5. The molecule has 1 amide bonds. The Labute approximate surface area is 130 Å². The lowest BCUT2D eigenvalue weighted by Gasteiger charge is -2.18. The molecule has 0 aliphatic carbocycles. The van der Waals surface area contributed by atoms with Crippen molar-refractivity contribution in [2.45, 2.75) is 13.8 Å². The van der Waals surface area contributed by atoms with Gasteiger partial charge >= 0.3 is 0 Å². The summed E-state index contributed by atoms with van der Waals surface area (Å²) in [5, 5.41) is 3.07. The van der Waals surface area contributed by atoms with Crippen LogP contribution in [0.4, 0.5) is 11.6 Å². The Kier molecular flexibility index (Phi) is 5.30. The minimum Gasteiger partial charge on any atom is -0.497 e. The number of anilines is 2. The van der Waals surface area contributed by atoms with Gasteiger partial charge in [0.2, 0.25) is 5.95 Å². The van der Waals surface area contributed by atoms with E-state index in [1.54, 1.807) is 12.0 Å². The zero-order chi connectivity index (χ0) is 15.9. The highest BCUT2D eigenvalue weighted by Gasteiger charge is 2.13. The lowest BCUT2D eigenvalue weighted by Crippen LogP contribution is -2.30. The summed E-state index contributed by atoms with van der Waals surface area (Å²) in [5.41, 5.74) is 1.31. The molecule has 0 bridgehead atoms. The summed E-state index contributed by atoms with van der Waals surface area (Å²) in [4.78, 5) is 22.3. The molecule has 0 spiro atoms. The molecule has 6 heteroatoms. The summed E-state index contributed by atoms with van der Waals surface area (Å²) in [6.45, 7) is 5.22. The number of nitrogens with one attached hydrogen (secondary N) is 1. The summed E-state index contributed by atoms with van der Waals surface area (Å²) < 4.78 is 5.16. The Morgan fingerprint density at radius 2 is 1.91 bits per heavy atom. The topological polar surface area (TPSA) is 67.4 Å². The van der Waals surface area contributed by atoms with E-state index in [1.165, 1.54) is 12.4 Å². The monoisotopic (exact) mass is 300 g/mol. The second kappa shape index (κ2) is 7.40. The highest BCUT2D eigenvalue weighted by Crippen LogP contribution is 2.19. The average Bonchev–Trinajstić information content (AvgIpc) is 2.56. The molecule has 1 heterocycles. The number of carbonyl (C=O) groups excluding carboxylic acids is 1. The van der Waals surface area contributed by atoms with Gasteiger partial charge in [0.05, 0.1) is 12.7 Å². The molecule has 0 atom stereocenters. The van der Waals surface area contributed by atoms with Crippen molar-refractivity contribution in [1.82, 2.24) is 14.9 Å². The summed E-state index contributed by atoms with van der Waals surface area (Å²) in [7, 11) is 1.61. The minimum atomic E-state index is -0.0575. The lowest BCUT2D eigenvalue weighted by atomic mass is 10.3. The molecule has 0 unspecified atom stereocenters. The molecule has 0 aliphatic heterocycles. The molecule has 22 heavy (non-hydrogen) atoms. The number of ether oxygens (including phenoxy) is 1. The first kappa shape index (κ1) is 15.8. The van der Waals surface area contributed by atoms with E-state index in [2.05, 4.69) is 15.3 Å². The van der Waals surface area contributed by atoms with Gasteiger partial charge in [-0.1, -0.05) is 6.07 Å². The van der Waals surface area contributed by atoms with E-state index in [0.717, 1.165) is 11.4 Å². The molecule has 1 aromatic heterocycles. The molecule has 0 saturated heterocycles. The van der Waals surface area contributed by atoms with Crippen LogP contribution >= 0.6 is 0 Å². The first-order valence-electron chi connectivity index (χ1n) is 7.20. The van der Waals surface area contributed by atoms with Gasteiger partial charge < -0.3 is 15.0 Å². The van der Waals surface area contributed by atoms with Gasteiger partial charge in [-0.15, -0.1) is 0 Å². The Hall–Kier alpha value is -2.63. The van der Waals surface area contributed by atoms with Gasteiger partial charge in [-0.25, -0.2) is 9.97 Å². The van der Waals surface area contributed by atoms with E-state index in [9.17, 15) is 4.79 Å². The van der Waals surface area contributed by atoms with Crippen molar-refractivity contribution in [3.05, 3.63) is 42.2 Å². The van der Waals surface area contributed by atoms with Gasteiger partial charge in [-0.05, 0) is 26.0 Å². The Morgan fingerprint density at radius 1 is 1.23 bits per heavy atom. The zero-order valence-corrected chi connectivity index (χ0v) is 13.0. The van der Waals surface area contributed by atoms with Crippen LogP contribution in [0.5, 0.6) is 5.75 Å². The first-order chi connectivity index (χ1) is 10.7. The van der Waals surface area contributed by atoms with Crippen LogP contribution in [0.25, 0.3) is 0 Å². The normalized spacial score (nSPS) is 10.1. The fraction of sp³-hybridized carbons (Fsp3) is 0.312. The van der Waals surface area contributed by atoms with Crippen LogP contribution in [-0.2, 0) is 0 Å². The van der Waals surface area contributed by atoms with Crippen LogP contribution in [0.1, 0.15) is 24.2 Å². The quantitative estimate of drug-likeness (QED) is 0.888. The van der Waals surface area contributed by atoms with E-state index in [1.807, 2.05) is 38.1 Å². The van der Waals surface area contributed by atoms with Crippen molar-refractivity contribution in [2.75, 3.05) is 25.5 Å². The maximum Gasteiger partial charge on any atom is 0.256 e. The van der Waals surface area contributed by atoms with Crippen molar-refractivity contribution in [1.29, 1.82) is 0 Å². The van der Waals surface area contributed by atoms with E-state index in [0.29, 0.717) is 24.6 Å². The average molecular weight is 300 g/mol. The lowest BCUT2D eigenvalue weighted by molar-refractivity contribution is 0.0772. The molecule has 0 aliphatic rings. The summed E-state index contributed by atoms with van der Waals surface area (Å²) >= 11 is 0. The van der Waals surface area contributed by atoms with Crippen LogP contribution in [0.2, 0.25) is 0 Å². The van der Waals surface area contributed by atoms with E-state index in [4.69, 9.17) is 4.74 Å². The number of benzene rings is 1. The third-order valence-electron chi connectivity index (χ3n) is 3.28. The Morgan fingerprint density at radius 3 is 2.50 bits per heavy atom. The Balaban J connectivity index is 2.10. The molecule has 1 aromatic carbocycles. The molecule has 0 saturated carbocycles. The smallest absolute Gasteiger partial charge is 0.256 e. The van der Waals surface area contributed by atoms with Crippen molar-refractivity contribution in [3.63, 3.8) is 0 Å². The minimum absolute atomic E-state index is 0.0575. The predicted octanol–water partition coefficient (Wildman–Crippen LogP) is 2.71.